The van der Waals surface area contributed by atoms with Gasteiger partial charge < -0.3 is 36.1 Å². The molecule has 206 valence electrons. The van der Waals surface area contributed by atoms with Crippen LogP contribution in [0.4, 0.5) is 5.69 Å². The summed E-state index contributed by atoms with van der Waals surface area (Å²) in [5.41, 5.74) is 12.8. The molecule has 0 radical (unpaired) electrons. The molecule has 12 heteroatoms. The van der Waals surface area contributed by atoms with E-state index in [1.165, 1.54) is 36.4 Å². The van der Waals surface area contributed by atoms with E-state index in [1.807, 2.05) is 0 Å². The fourth-order valence-electron chi connectivity index (χ4n) is 4.27. The van der Waals surface area contributed by atoms with Crippen LogP contribution in [0.1, 0.15) is 48.6 Å². The molecule has 1 heterocycles. The molecule has 0 atom stereocenters. The van der Waals surface area contributed by atoms with Crippen LogP contribution in [-0.4, -0.2) is 58.0 Å². The molecular formula is C28H26N4O8. The molecular weight excluding hydrogens is 520 g/mol. The number of benzene rings is 3. The van der Waals surface area contributed by atoms with Gasteiger partial charge in [-0.05, 0) is 66.4 Å². The first kappa shape index (κ1) is 27.6. The highest BCUT2D eigenvalue weighted by atomic mass is 16.6. The first-order valence-corrected chi connectivity index (χ1v) is 12.2. The number of ether oxygens (including phenoxy) is 2. The minimum absolute atomic E-state index is 0.00156. The number of nitrogens with two attached hydrogens (primary N) is 2. The zero-order chi connectivity index (χ0) is 28.8. The maximum Gasteiger partial charge on any atom is 0.343 e. The highest BCUT2D eigenvalue weighted by Crippen LogP contribution is 2.35. The van der Waals surface area contributed by atoms with Gasteiger partial charge in [0.2, 0.25) is 0 Å². The summed E-state index contributed by atoms with van der Waals surface area (Å²) in [6.07, 6.45) is 0.892. The Morgan fingerprint density at radius 2 is 1.77 bits per heavy atom. The minimum Gasteiger partial charge on any atom is -0.489 e. The molecule has 0 spiro atoms. The van der Waals surface area contributed by atoms with E-state index in [1.54, 1.807) is 24.3 Å². The van der Waals surface area contributed by atoms with E-state index in [0.29, 0.717) is 35.2 Å². The zero-order valence-electron chi connectivity index (χ0n) is 21.2. The maximum atomic E-state index is 13.6. The van der Waals surface area contributed by atoms with Gasteiger partial charge in [0.15, 0.2) is 17.5 Å². The van der Waals surface area contributed by atoms with E-state index in [0.717, 1.165) is 4.90 Å². The van der Waals surface area contributed by atoms with Crippen LogP contribution in [0.25, 0.3) is 0 Å². The number of amides is 1. The molecule has 40 heavy (non-hydrogen) atoms. The van der Waals surface area contributed by atoms with Gasteiger partial charge in [-0.25, -0.2) is 14.6 Å². The number of carboxylic acids is 2. The lowest BCUT2D eigenvalue weighted by atomic mass is 10.0. The number of carbonyl (C=O) groups excluding carboxylic acids is 2. The van der Waals surface area contributed by atoms with Crippen molar-refractivity contribution in [3.05, 3.63) is 88.5 Å². The summed E-state index contributed by atoms with van der Waals surface area (Å²) in [6, 6.07) is 15.1. The van der Waals surface area contributed by atoms with Crippen molar-refractivity contribution in [3.8, 4) is 11.5 Å². The van der Waals surface area contributed by atoms with Gasteiger partial charge in [0.1, 0.15) is 6.54 Å². The molecule has 1 amide bonds. The second kappa shape index (κ2) is 12.0. The zero-order valence-corrected chi connectivity index (χ0v) is 21.2. The number of nitrogens with zero attached hydrogens (tertiary/aromatic N) is 2. The van der Waals surface area contributed by atoms with Gasteiger partial charge in [-0.2, -0.15) is 0 Å². The van der Waals surface area contributed by atoms with E-state index in [4.69, 9.17) is 20.9 Å². The minimum atomic E-state index is -1.26. The fourth-order valence-corrected chi connectivity index (χ4v) is 4.27. The van der Waals surface area contributed by atoms with Gasteiger partial charge in [-0.1, -0.05) is 18.2 Å². The van der Waals surface area contributed by atoms with Crippen molar-refractivity contribution in [1.82, 2.24) is 4.90 Å². The third kappa shape index (κ3) is 6.54. The number of aryl methyl sites for hydroxylation is 1. The van der Waals surface area contributed by atoms with E-state index in [2.05, 4.69) is 4.99 Å². The number of fused-ring (bicyclic) bond motifs is 2. The standard InChI is InChI=1S/C28H26N4O8/c29-28(30)31-19-9-10-20-17(13-19)6-3-11-39-24-21(7-2-8-22(24)40-27(20)38)25(35)32(15-23(33)34)14-16-4-1-5-18(12-16)26(36)37/h1-2,4-5,7-10,12-13H,3,6,11,14-15H2,(H,33,34)(H,36,37)(H4,29,30,31). The number of hydrogen-bond acceptors (Lipinski definition) is 7. The second-order valence-electron chi connectivity index (χ2n) is 8.91. The van der Waals surface area contributed by atoms with E-state index >= 15 is 0 Å². The molecule has 0 fully saturated rings. The van der Waals surface area contributed by atoms with Crippen molar-refractivity contribution < 1.29 is 38.9 Å². The van der Waals surface area contributed by atoms with Crippen LogP contribution in [0.3, 0.4) is 0 Å². The Morgan fingerprint density at radius 1 is 1.00 bits per heavy atom. The van der Waals surface area contributed by atoms with Gasteiger partial charge in [0.25, 0.3) is 5.91 Å². The van der Waals surface area contributed by atoms with Crippen molar-refractivity contribution in [2.75, 3.05) is 13.2 Å². The van der Waals surface area contributed by atoms with Crippen LogP contribution in [0.2, 0.25) is 0 Å². The molecule has 1 aliphatic rings. The molecule has 6 N–H and O–H groups in total. The number of rotatable bonds is 7. The quantitative estimate of drug-likeness (QED) is 0.148. The number of aliphatic carboxylic acids is 1. The van der Waals surface area contributed by atoms with Crippen LogP contribution in [0.5, 0.6) is 11.5 Å². The summed E-state index contributed by atoms with van der Waals surface area (Å²) in [7, 11) is 0. The van der Waals surface area contributed by atoms with Gasteiger partial charge in [-0.3, -0.25) is 9.59 Å². The molecule has 0 bridgehead atoms. The van der Waals surface area contributed by atoms with Crippen LogP contribution < -0.4 is 20.9 Å². The van der Waals surface area contributed by atoms with Crippen LogP contribution in [-0.2, 0) is 17.8 Å². The molecule has 0 unspecified atom stereocenters. The molecule has 3 aromatic carbocycles. The molecule has 1 aliphatic heterocycles. The Kier molecular flexibility index (Phi) is 8.28. The summed E-state index contributed by atoms with van der Waals surface area (Å²) in [6.45, 7) is -0.688. The first-order chi connectivity index (χ1) is 19.1. The number of hydrogen-bond donors (Lipinski definition) is 4. The molecule has 0 aliphatic carbocycles. The average Bonchev–Trinajstić information content (AvgIpc) is 2.90. The lowest BCUT2D eigenvalue weighted by Gasteiger charge is -2.24. The molecule has 0 saturated heterocycles. The summed E-state index contributed by atoms with van der Waals surface area (Å²) in [5, 5.41) is 18.8. The number of carbonyl (C=O) groups is 4. The highest BCUT2D eigenvalue weighted by Gasteiger charge is 2.27. The number of aliphatic imine (C=N–C) groups is 1. The van der Waals surface area contributed by atoms with Crippen molar-refractivity contribution in [1.29, 1.82) is 0 Å². The van der Waals surface area contributed by atoms with Crippen molar-refractivity contribution in [2.45, 2.75) is 19.4 Å². The Hall–Kier alpha value is -5.39. The van der Waals surface area contributed by atoms with Crippen molar-refractivity contribution >= 4 is 35.5 Å². The lowest BCUT2D eigenvalue weighted by molar-refractivity contribution is -0.137. The number of esters is 1. The summed E-state index contributed by atoms with van der Waals surface area (Å²) >= 11 is 0. The largest absolute Gasteiger partial charge is 0.489 e. The normalized spacial score (nSPS) is 12.6. The Labute approximate surface area is 228 Å². The Morgan fingerprint density at radius 3 is 2.50 bits per heavy atom. The number of aromatic carboxylic acids is 1. The SMILES string of the molecule is NC(N)=Nc1ccc2c(c1)CCCOc1c(cccc1C(=O)N(CC(=O)O)Cc1cccc(C(=O)O)c1)OC2=O. The number of guanidine groups is 1. The number of para-hydroxylation sites is 1. The van der Waals surface area contributed by atoms with Gasteiger partial charge >= 0.3 is 17.9 Å². The van der Waals surface area contributed by atoms with Gasteiger partial charge in [0, 0.05) is 6.54 Å². The van der Waals surface area contributed by atoms with Gasteiger partial charge in [0.05, 0.1) is 29.0 Å². The molecule has 3 aromatic rings. The topological polar surface area (TPSA) is 195 Å². The van der Waals surface area contributed by atoms with Crippen LogP contribution in [0.15, 0.2) is 65.7 Å². The van der Waals surface area contributed by atoms with E-state index in [9.17, 15) is 29.4 Å². The average molecular weight is 547 g/mol. The number of carboxylic acid groups (broad SMARTS) is 2. The van der Waals surface area contributed by atoms with E-state index in [-0.39, 0.29) is 41.7 Å². The van der Waals surface area contributed by atoms with Crippen LogP contribution >= 0.6 is 0 Å². The van der Waals surface area contributed by atoms with Crippen molar-refractivity contribution in [2.24, 2.45) is 16.5 Å². The second-order valence-corrected chi connectivity index (χ2v) is 8.91. The summed E-state index contributed by atoms with van der Waals surface area (Å²) < 4.78 is 11.5. The monoisotopic (exact) mass is 546 g/mol. The molecule has 0 saturated carbocycles. The fraction of sp³-hybridized carbons (Fsp3) is 0.179. The third-order valence-corrected chi connectivity index (χ3v) is 5.98. The van der Waals surface area contributed by atoms with Crippen molar-refractivity contribution in [3.63, 3.8) is 0 Å². The molecule has 0 aromatic heterocycles. The highest BCUT2D eigenvalue weighted by molar-refractivity contribution is 6.00. The van der Waals surface area contributed by atoms with Gasteiger partial charge in [-0.15, -0.1) is 0 Å². The predicted octanol–water partition coefficient (Wildman–Crippen LogP) is 2.56. The third-order valence-electron chi connectivity index (χ3n) is 5.98. The molecule has 12 nitrogen and oxygen atoms in total. The maximum absolute atomic E-state index is 13.6. The van der Waals surface area contributed by atoms with Crippen LogP contribution in [0, 0.1) is 0 Å². The predicted molar refractivity (Wildman–Crippen MR) is 143 cm³/mol. The smallest absolute Gasteiger partial charge is 0.343 e. The summed E-state index contributed by atoms with van der Waals surface area (Å²) in [5.74, 6) is -3.94. The lowest BCUT2D eigenvalue weighted by Crippen LogP contribution is -2.35. The van der Waals surface area contributed by atoms with E-state index < -0.39 is 30.4 Å². The first-order valence-electron chi connectivity index (χ1n) is 12.2. The summed E-state index contributed by atoms with van der Waals surface area (Å²) in [4.78, 5) is 54.8. The Bertz CT molecular complexity index is 1510. The molecule has 4 rings (SSSR count). The Balaban J connectivity index is 1.67.